The van der Waals surface area contributed by atoms with Crippen LogP contribution in [0.4, 0.5) is 4.39 Å². The third-order valence-electron chi connectivity index (χ3n) is 3.44. The quantitative estimate of drug-likeness (QED) is 0.635. The average Bonchev–Trinajstić information content (AvgIpc) is 2.77. The number of carbonyl (C=O) groups excluding carboxylic acids is 1. The van der Waals surface area contributed by atoms with Crippen LogP contribution in [0.1, 0.15) is 43.4 Å². The summed E-state index contributed by atoms with van der Waals surface area (Å²) in [6, 6.07) is 5.28. The minimum absolute atomic E-state index is 0.141. The molecule has 0 saturated heterocycles. The normalized spacial score (nSPS) is 17.3. The molecule has 2 rings (SSSR count). The monoisotopic (exact) mass is 265 g/mol. The van der Waals surface area contributed by atoms with Crippen LogP contribution in [0.2, 0.25) is 0 Å². The maximum Gasteiger partial charge on any atom is 0.305 e. The molecule has 1 aliphatic rings. The molecule has 3 nitrogen and oxygen atoms in total. The molecule has 0 bridgehead atoms. The summed E-state index contributed by atoms with van der Waals surface area (Å²) in [7, 11) is 0. The van der Waals surface area contributed by atoms with Gasteiger partial charge in [0, 0.05) is 12.5 Å². The molecular weight excluding hydrogens is 245 g/mol. The van der Waals surface area contributed by atoms with Gasteiger partial charge in [-0.2, -0.15) is 0 Å². The number of hydrogen-bond acceptors (Lipinski definition) is 3. The molecule has 1 N–H and O–H groups in total. The number of ether oxygens (including phenoxy) is 1. The molecule has 4 heteroatoms. The van der Waals surface area contributed by atoms with Crippen LogP contribution >= 0.6 is 0 Å². The summed E-state index contributed by atoms with van der Waals surface area (Å²) >= 11 is 0. The van der Waals surface area contributed by atoms with E-state index >= 15 is 0 Å². The fraction of sp³-hybridized carbons (Fsp3) is 0.533. The molecule has 1 aliphatic carbocycles. The van der Waals surface area contributed by atoms with Crippen molar-refractivity contribution >= 4 is 5.97 Å². The Hall–Kier alpha value is -1.42. The van der Waals surface area contributed by atoms with Crippen molar-refractivity contribution in [1.82, 2.24) is 5.32 Å². The van der Waals surface area contributed by atoms with Crippen molar-refractivity contribution in [3.63, 3.8) is 0 Å². The molecule has 1 aromatic carbocycles. The lowest BCUT2D eigenvalue weighted by Crippen LogP contribution is -2.21. The summed E-state index contributed by atoms with van der Waals surface area (Å²) < 4.78 is 18.0. The third-order valence-corrected chi connectivity index (χ3v) is 3.44. The van der Waals surface area contributed by atoms with Crippen LogP contribution in [0.25, 0.3) is 0 Å². The smallest absolute Gasteiger partial charge is 0.305 e. The molecule has 1 atom stereocenters. The second kappa shape index (κ2) is 6.66. The predicted molar refractivity (Wildman–Crippen MR) is 71.3 cm³/mol. The molecule has 0 amide bonds. The van der Waals surface area contributed by atoms with Crippen molar-refractivity contribution in [1.29, 1.82) is 0 Å². The zero-order valence-electron chi connectivity index (χ0n) is 11.2. The highest BCUT2D eigenvalue weighted by Crippen LogP contribution is 2.31. The van der Waals surface area contributed by atoms with Crippen LogP contribution in [0.5, 0.6) is 0 Å². The summed E-state index contributed by atoms with van der Waals surface area (Å²) in [6.07, 6.45) is 3.14. The first-order valence-corrected chi connectivity index (χ1v) is 6.88. The van der Waals surface area contributed by atoms with E-state index in [0.717, 1.165) is 31.4 Å². The number of nitrogens with one attached hydrogen (secondary N) is 1. The molecule has 19 heavy (non-hydrogen) atoms. The van der Waals surface area contributed by atoms with Gasteiger partial charge >= 0.3 is 5.97 Å². The van der Waals surface area contributed by atoms with Crippen molar-refractivity contribution in [2.24, 2.45) is 0 Å². The van der Waals surface area contributed by atoms with Crippen LogP contribution in [0.3, 0.4) is 0 Å². The van der Waals surface area contributed by atoms with Crippen LogP contribution in [0.15, 0.2) is 18.2 Å². The second-order valence-electron chi connectivity index (χ2n) is 4.80. The van der Waals surface area contributed by atoms with E-state index in [0.29, 0.717) is 13.0 Å². The van der Waals surface area contributed by atoms with Gasteiger partial charge < -0.3 is 10.1 Å². The van der Waals surface area contributed by atoms with E-state index in [-0.39, 0.29) is 17.8 Å². The summed E-state index contributed by atoms with van der Waals surface area (Å²) in [6.45, 7) is 3.03. The van der Waals surface area contributed by atoms with Gasteiger partial charge in [-0.3, -0.25) is 4.79 Å². The van der Waals surface area contributed by atoms with Gasteiger partial charge in [0.1, 0.15) is 5.82 Å². The van der Waals surface area contributed by atoms with Crippen molar-refractivity contribution in [2.45, 2.75) is 38.6 Å². The largest absolute Gasteiger partial charge is 0.466 e. The molecule has 0 heterocycles. The van der Waals surface area contributed by atoms with Crippen LogP contribution in [-0.4, -0.2) is 19.1 Å². The Kier molecular flexibility index (Phi) is 4.91. The SMILES string of the molecule is CCOC(=O)CCCNC1CCc2cc(F)ccc21. The molecule has 0 fully saturated rings. The van der Waals surface area contributed by atoms with Gasteiger partial charge in [-0.1, -0.05) is 6.07 Å². The predicted octanol–water partition coefficient (Wildman–Crippen LogP) is 2.75. The first-order valence-electron chi connectivity index (χ1n) is 6.88. The van der Waals surface area contributed by atoms with Crippen LogP contribution in [-0.2, 0) is 16.0 Å². The number of esters is 1. The molecule has 0 spiro atoms. The van der Waals surface area contributed by atoms with E-state index in [9.17, 15) is 9.18 Å². The van der Waals surface area contributed by atoms with Gasteiger partial charge in [0.25, 0.3) is 0 Å². The molecule has 0 saturated carbocycles. The van der Waals surface area contributed by atoms with E-state index in [1.54, 1.807) is 6.07 Å². The molecule has 0 aliphatic heterocycles. The zero-order chi connectivity index (χ0) is 13.7. The molecule has 104 valence electrons. The van der Waals surface area contributed by atoms with Gasteiger partial charge in [-0.15, -0.1) is 0 Å². The number of benzene rings is 1. The maximum atomic E-state index is 13.1. The van der Waals surface area contributed by atoms with E-state index in [1.165, 1.54) is 11.6 Å². The van der Waals surface area contributed by atoms with Crippen LogP contribution < -0.4 is 5.32 Å². The van der Waals surface area contributed by atoms with Gasteiger partial charge in [-0.05, 0) is 56.0 Å². The summed E-state index contributed by atoms with van der Waals surface area (Å²) in [5.74, 6) is -0.306. The summed E-state index contributed by atoms with van der Waals surface area (Å²) in [5, 5.41) is 3.42. The fourth-order valence-corrected chi connectivity index (χ4v) is 2.54. The van der Waals surface area contributed by atoms with Crippen molar-refractivity contribution in [2.75, 3.05) is 13.2 Å². The number of carbonyl (C=O) groups is 1. The minimum atomic E-state index is -0.165. The van der Waals surface area contributed by atoms with Crippen LogP contribution in [0, 0.1) is 5.82 Å². The Labute approximate surface area is 113 Å². The highest BCUT2D eigenvalue weighted by molar-refractivity contribution is 5.69. The Morgan fingerprint density at radius 2 is 2.37 bits per heavy atom. The number of rotatable bonds is 6. The first kappa shape index (κ1) is 14.0. The highest BCUT2D eigenvalue weighted by Gasteiger charge is 2.21. The van der Waals surface area contributed by atoms with Crippen molar-refractivity contribution in [3.05, 3.63) is 35.1 Å². The maximum absolute atomic E-state index is 13.1. The lowest BCUT2D eigenvalue weighted by atomic mass is 10.1. The van der Waals surface area contributed by atoms with Gasteiger partial charge in [0.15, 0.2) is 0 Å². The van der Waals surface area contributed by atoms with E-state index in [1.807, 2.05) is 13.0 Å². The molecule has 0 radical (unpaired) electrons. The highest BCUT2D eigenvalue weighted by atomic mass is 19.1. The molecular formula is C15H20FNO2. The Balaban J connectivity index is 1.76. The van der Waals surface area contributed by atoms with Crippen molar-refractivity contribution < 1.29 is 13.9 Å². The number of fused-ring (bicyclic) bond motifs is 1. The van der Waals surface area contributed by atoms with Gasteiger partial charge in [0.2, 0.25) is 0 Å². The Morgan fingerprint density at radius 3 is 3.16 bits per heavy atom. The molecule has 1 aromatic rings. The average molecular weight is 265 g/mol. The molecule has 1 unspecified atom stereocenters. The molecule has 0 aromatic heterocycles. The fourth-order valence-electron chi connectivity index (χ4n) is 2.54. The first-order chi connectivity index (χ1) is 9.20. The van der Waals surface area contributed by atoms with Gasteiger partial charge in [0.05, 0.1) is 6.61 Å². The number of hydrogen-bond donors (Lipinski definition) is 1. The lowest BCUT2D eigenvalue weighted by molar-refractivity contribution is -0.143. The number of halogens is 1. The standard InChI is InChI=1S/C15H20FNO2/c1-2-19-15(18)4-3-9-17-14-8-5-11-10-12(16)6-7-13(11)14/h6-7,10,14,17H,2-5,8-9H2,1H3. The minimum Gasteiger partial charge on any atom is -0.466 e. The van der Waals surface area contributed by atoms with E-state index in [4.69, 9.17) is 4.74 Å². The Bertz CT molecular complexity index is 448. The van der Waals surface area contributed by atoms with E-state index < -0.39 is 0 Å². The van der Waals surface area contributed by atoms with Gasteiger partial charge in [-0.25, -0.2) is 4.39 Å². The second-order valence-corrected chi connectivity index (χ2v) is 4.80. The topological polar surface area (TPSA) is 38.3 Å². The lowest BCUT2D eigenvalue weighted by Gasteiger charge is -2.13. The summed E-state index contributed by atoms with van der Waals surface area (Å²) in [5.41, 5.74) is 2.29. The van der Waals surface area contributed by atoms with Crippen molar-refractivity contribution in [3.8, 4) is 0 Å². The van der Waals surface area contributed by atoms with E-state index in [2.05, 4.69) is 5.32 Å². The third kappa shape index (κ3) is 3.77. The summed E-state index contributed by atoms with van der Waals surface area (Å²) in [4.78, 5) is 11.2. The number of aryl methyl sites for hydroxylation is 1. The zero-order valence-corrected chi connectivity index (χ0v) is 11.2. The Morgan fingerprint density at radius 1 is 1.53 bits per heavy atom.